The zero-order valence-electron chi connectivity index (χ0n) is 14.3. The lowest BCUT2D eigenvalue weighted by molar-refractivity contribution is 0.211. The number of alkyl halides is 1. The number of unbranched alkanes of at least 4 members (excludes halogenated alkanes) is 1. The molecule has 1 aromatic carbocycles. The quantitative estimate of drug-likeness (QED) is 0.523. The number of methoxy groups -OCH3 is 2. The molecule has 24 heavy (non-hydrogen) atoms. The number of benzene rings is 1. The summed E-state index contributed by atoms with van der Waals surface area (Å²) in [6, 6.07) is 8.84. The Hall–Kier alpha value is -1.23. The molecular weight excluding hydrogens is 342 g/mol. The van der Waals surface area contributed by atoms with Crippen molar-refractivity contribution >= 4 is 22.9 Å². The van der Waals surface area contributed by atoms with Gasteiger partial charge < -0.3 is 9.47 Å². The molecule has 0 fully saturated rings. The van der Waals surface area contributed by atoms with Crippen molar-refractivity contribution in [3.05, 3.63) is 45.6 Å². The zero-order valence-corrected chi connectivity index (χ0v) is 15.8. The lowest BCUT2D eigenvalue weighted by Gasteiger charge is -2.36. The number of nitrogens with zero attached hydrogens (tertiary/aromatic N) is 1. The molecule has 1 unspecified atom stereocenters. The highest BCUT2D eigenvalue weighted by molar-refractivity contribution is 7.10. The van der Waals surface area contributed by atoms with E-state index >= 15 is 0 Å². The second kappa shape index (κ2) is 8.24. The minimum Gasteiger partial charge on any atom is -0.493 e. The van der Waals surface area contributed by atoms with Gasteiger partial charge in [0, 0.05) is 17.3 Å². The molecule has 1 aliphatic heterocycles. The van der Waals surface area contributed by atoms with Gasteiger partial charge in [-0.25, -0.2) is 0 Å². The van der Waals surface area contributed by atoms with Crippen molar-refractivity contribution in [3.63, 3.8) is 0 Å². The molecule has 0 radical (unpaired) electrons. The Labute approximate surface area is 153 Å². The smallest absolute Gasteiger partial charge is 0.161 e. The van der Waals surface area contributed by atoms with Gasteiger partial charge in [-0.15, -0.1) is 22.9 Å². The maximum Gasteiger partial charge on any atom is 0.161 e. The van der Waals surface area contributed by atoms with E-state index < -0.39 is 0 Å². The fraction of sp³-hybridized carbons (Fsp3) is 0.474. The summed E-state index contributed by atoms with van der Waals surface area (Å²) < 4.78 is 10.9. The zero-order chi connectivity index (χ0) is 16.9. The maximum absolute atomic E-state index is 5.86. The predicted molar refractivity (Wildman–Crippen MR) is 101 cm³/mol. The number of hydrogen-bond acceptors (Lipinski definition) is 4. The number of thiophene rings is 1. The van der Waals surface area contributed by atoms with Gasteiger partial charge in [0.1, 0.15) is 0 Å². The first-order valence-electron chi connectivity index (χ1n) is 8.36. The fourth-order valence-electron chi connectivity index (χ4n) is 3.43. The van der Waals surface area contributed by atoms with E-state index in [0.717, 1.165) is 49.7 Å². The Bertz CT molecular complexity index is 673. The van der Waals surface area contributed by atoms with Gasteiger partial charge in [0.05, 0.1) is 20.3 Å². The molecule has 0 aliphatic carbocycles. The summed E-state index contributed by atoms with van der Waals surface area (Å²) in [6.45, 7) is 2.16. The van der Waals surface area contributed by atoms with Crippen LogP contribution < -0.4 is 9.47 Å². The Balaban J connectivity index is 1.94. The van der Waals surface area contributed by atoms with E-state index in [9.17, 15) is 0 Å². The molecule has 3 nitrogen and oxygen atoms in total. The van der Waals surface area contributed by atoms with Gasteiger partial charge in [-0.1, -0.05) is 6.07 Å². The lowest BCUT2D eigenvalue weighted by atomic mass is 9.92. The topological polar surface area (TPSA) is 21.7 Å². The summed E-state index contributed by atoms with van der Waals surface area (Å²) in [7, 11) is 3.37. The fourth-order valence-corrected chi connectivity index (χ4v) is 4.52. The van der Waals surface area contributed by atoms with Crippen molar-refractivity contribution in [2.24, 2.45) is 0 Å². The molecule has 0 spiro atoms. The summed E-state index contributed by atoms with van der Waals surface area (Å²) in [4.78, 5) is 4.08. The van der Waals surface area contributed by atoms with E-state index in [0.29, 0.717) is 0 Å². The number of rotatable bonds is 7. The summed E-state index contributed by atoms with van der Waals surface area (Å²) in [5.74, 6) is 2.30. The SMILES string of the molecule is COc1ccc(C2c3ccsc3CCN2CCCCCl)cc1OC. The monoisotopic (exact) mass is 365 g/mol. The molecule has 0 bridgehead atoms. The molecule has 5 heteroatoms. The number of hydrogen-bond donors (Lipinski definition) is 0. The third-order valence-corrected chi connectivity index (χ3v) is 5.88. The standard InChI is InChI=1S/C19H24ClNO2S/c1-22-16-6-5-14(13-17(16)23-2)19-15-8-12-24-18(15)7-11-21(19)10-4-3-9-20/h5-6,8,12-13,19H,3-4,7,9-11H2,1-2H3. The molecule has 2 heterocycles. The van der Waals surface area contributed by atoms with E-state index in [2.05, 4.69) is 28.5 Å². The van der Waals surface area contributed by atoms with Crippen molar-refractivity contribution in [2.75, 3.05) is 33.2 Å². The van der Waals surface area contributed by atoms with Crippen LogP contribution in [0.3, 0.4) is 0 Å². The summed E-state index contributed by atoms with van der Waals surface area (Å²) in [5.41, 5.74) is 2.70. The third-order valence-electron chi connectivity index (χ3n) is 4.62. The van der Waals surface area contributed by atoms with Crippen LogP contribution in [0, 0.1) is 0 Å². The highest BCUT2D eigenvalue weighted by atomic mass is 35.5. The van der Waals surface area contributed by atoms with Crippen molar-refractivity contribution in [2.45, 2.75) is 25.3 Å². The minimum atomic E-state index is 0.287. The Morgan fingerprint density at radius 2 is 2.00 bits per heavy atom. The molecule has 1 aliphatic rings. The van der Waals surface area contributed by atoms with E-state index in [-0.39, 0.29) is 6.04 Å². The second-order valence-corrected chi connectivity index (χ2v) is 7.38. The van der Waals surface area contributed by atoms with Crippen LogP contribution in [0.25, 0.3) is 0 Å². The molecular formula is C19H24ClNO2S. The number of halogens is 1. The first kappa shape index (κ1) is 17.6. The number of ether oxygens (including phenoxy) is 2. The molecule has 2 aromatic rings. The van der Waals surface area contributed by atoms with E-state index in [1.165, 1.54) is 16.0 Å². The van der Waals surface area contributed by atoms with Crippen LogP contribution in [0.4, 0.5) is 0 Å². The average Bonchev–Trinajstić information content (AvgIpc) is 3.09. The van der Waals surface area contributed by atoms with Crippen molar-refractivity contribution in [1.82, 2.24) is 4.90 Å². The Kier molecular flexibility index (Phi) is 6.04. The normalized spacial score (nSPS) is 17.5. The average molecular weight is 366 g/mol. The molecule has 3 rings (SSSR count). The predicted octanol–water partition coefficient (Wildman–Crippen LogP) is 4.73. The maximum atomic E-state index is 5.86. The van der Waals surface area contributed by atoms with Crippen molar-refractivity contribution < 1.29 is 9.47 Å². The van der Waals surface area contributed by atoms with Crippen LogP contribution in [0.15, 0.2) is 29.6 Å². The molecule has 1 aromatic heterocycles. The largest absolute Gasteiger partial charge is 0.493 e. The minimum absolute atomic E-state index is 0.287. The van der Waals surface area contributed by atoms with Crippen molar-refractivity contribution in [1.29, 1.82) is 0 Å². The van der Waals surface area contributed by atoms with Crippen LogP contribution in [-0.2, 0) is 6.42 Å². The van der Waals surface area contributed by atoms with Gasteiger partial charge in [0.15, 0.2) is 11.5 Å². The summed E-state index contributed by atoms with van der Waals surface area (Å²) in [6.07, 6.45) is 3.33. The van der Waals surface area contributed by atoms with Crippen molar-refractivity contribution in [3.8, 4) is 11.5 Å². The van der Waals surface area contributed by atoms with Crippen LogP contribution in [0.5, 0.6) is 11.5 Å². The van der Waals surface area contributed by atoms with E-state index in [4.69, 9.17) is 21.1 Å². The molecule has 1 atom stereocenters. The van der Waals surface area contributed by atoms with Gasteiger partial charge in [-0.05, 0) is 60.5 Å². The molecule has 130 valence electrons. The van der Waals surface area contributed by atoms with Gasteiger partial charge in [0.25, 0.3) is 0 Å². The van der Waals surface area contributed by atoms with Gasteiger partial charge >= 0.3 is 0 Å². The summed E-state index contributed by atoms with van der Waals surface area (Å²) in [5, 5.41) is 2.21. The Morgan fingerprint density at radius 3 is 2.75 bits per heavy atom. The van der Waals surface area contributed by atoms with Crippen LogP contribution >= 0.6 is 22.9 Å². The molecule has 0 amide bonds. The molecule has 0 saturated carbocycles. The molecule has 0 N–H and O–H groups in total. The van der Waals surface area contributed by atoms with Crippen LogP contribution in [0.2, 0.25) is 0 Å². The second-order valence-electron chi connectivity index (χ2n) is 6.00. The highest BCUT2D eigenvalue weighted by Crippen LogP contribution is 2.40. The Morgan fingerprint density at radius 1 is 1.17 bits per heavy atom. The summed E-state index contributed by atoms with van der Waals surface area (Å²) >= 11 is 7.73. The first-order chi connectivity index (χ1) is 11.8. The first-order valence-corrected chi connectivity index (χ1v) is 9.78. The van der Waals surface area contributed by atoms with Crippen LogP contribution in [0.1, 0.15) is 34.9 Å². The van der Waals surface area contributed by atoms with E-state index in [1.807, 2.05) is 17.4 Å². The lowest BCUT2D eigenvalue weighted by Crippen LogP contribution is -2.36. The molecule has 0 saturated heterocycles. The van der Waals surface area contributed by atoms with Gasteiger partial charge in [0.2, 0.25) is 0 Å². The third kappa shape index (κ3) is 3.56. The number of fused-ring (bicyclic) bond motifs is 1. The van der Waals surface area contributed by atoms with Gasteiger partial charge in [-0.3, -0.25) is 4.90 Å². The van der Waals surface area contributed by atoms with E-state index in [1.54, 1.807) is 14.2 Å². The van der Waals surface area contributed by atoms with Crippen LogP contribution in [-0.4, -0.2) is 38.1 Å². The van der Waals surface area contributed by atoms with Gasteiger partial charge in [-0.2, -0.15) is 0 Å². The highest BCUT2D eigenvalue weighted by Gasteiger charge is 2.29.